The molecule has 1 heterocycles. The average molecular weight is 410 g/mol. The molecule has 3 rings (SSSR count). The molecule has 2 aromatic carbocycles. The van der Waals surface area contributed by atoms with E-state index in [-0.39, 0.29) is 17.1 Å². The molecule has 1 saturated heterocycles. The maximum Gasteiger partial charge on any atom is 0.295 e. The van der Waals surface area contributed by atoms with Crippen LogP contribution in [0.15, 0.2) is 48.0 Å². The van der Waals surface area contributed by atoms with Gasteiger partial charge in [0.25, 0.3) is 11.7 Å². The maximum absolute atomic E-state index is 13.0. The molecule has 0 spiro atoms. The van der Waals surface area contributed by atoms with Gasteiger partial charge in [0.05, 0.1) is 24.3 Å². The zero-order chi connectivity index (χ0) is 22.0. The highest BCUT2D eigenvalue weighted by molar-refractivity contribution is 6.46. The van der Waals surface area contributed by atoms with Crippen LogP contribution in [-0.4, -0.2) is 66.0 Å². The third-order valence-corrected chi connectivity index (χ3v) is 5.15. The molecule has 1 unspecified atom stereocenters. The molecule has 0 aliphatic carbocycles. The molecule has 0 radical (unpaired) electrons. The van der Waals surface area contributed by atoms with E-state index in [1.54, 1.807) is 24.3 Å². The quantitative estimate of drug-likeness (QED) is 0.432. The van der Waals surface area contributed by atoms with Crippen LogP contribution >= 0.6 is 0 Å². The molecular weight excluding hydrogens is 384 g/mol. The molecule has 7 nitrogen and oxygen atoms in total. The fourth-order valence-electron chi connectivity index (χ4n) is 3.57. The first-order chi connectivity index (χ1) is 14.2. The van der Waals surface area contributed by atoms with Crippen molar-refractivity contribution in [3.05, 3.63) is 64.7 Å². The van der Waals surface area contributed by atoms with E-state index >= 15 is 0 Å². The fraction of sp³-hybridized carbons (Fsp3) is 0.304. The summed E-state index contributed by atoms with van der Waals surface area (Å²) in [5.74, 6) is -1.21. The lowest BCUT2D eigenvalue weighted by Crippen LogP contribution is -2.35. The van der Waals surface area contributed by atoms with Gasteiger partial charge in [-0.05, 0) is 50.8 Å². The molecule has 1 atom stereocenters. The molecule has 1 aliphatic heterocycles. The van der Waals surface area contributed by atoms with Crippen molar-refractivity contribution in [3.63, 3.8) is 0 Å². The zero-order valence-corrected chi connectivity index (χ0v) is 17.5. The molecule has 0 saturated carbocycles. The second kappa shape index (κ2) is 8.59. The topological polar surface area (TPSA) is 90.3 Å². The first-order valence-electron chi connectivity index (χ1n) is 9.61. The van der Waals surface area contributed by atoms with Crippen LogP contribution in [0.3, 0.4) is 0 Å². The number of phenolic OH excluding ortho intramolecular Hbond substituents is 1. The Hall–Kier alpha value is -3.32. The largest absolute Gasteiger partial charge is 0.508 e. The van der Waals surface area contributed by atoms with Crippen molar-refractivity contribution in [2.75, 3.05) is 34.3 Å². The SMILES string of the molecule is COc1ccc(C)cc1/C(O)=C1\C(=O)C(=O)N(CCN(C)C)C1c1ccc(O)cc1. The summed E-state index contributed by atoms with van der Waals surface area (Å²) in [6.07, 6.45) is 0. The number of aliphatic hydroxyl groups is 1. The van der Waals surface area contributed by atoms with Crippen molar-refractivity contribution in [3.8, 4) is 11.5 Å². The smallest absolute Gasteiger partial charge is 0.295 e. The lowest BCUT2D eigenvalue weighted by Gasteiger charge is -2.26. The third-order valence-electron chi connectivity index (χ3n) is 5.15. The van der Waals surface area contributed by atoms with E-state index < -0.39 is 17.7 Å². The second-order valence-electron chi connectivity index (χ2n) is 7.59. The molecule has 30 heavy (non-hydrogen) atoms. The summed E-state index contributed by atoms with van der Waals surface area (Å²) < 4.78 is 5.36. The number of carbonyl (C=O) groups excluding carboxylic acids is 2. The number of nitrogens with zero attached hydrogens (tertiary/aromatic N) is 2. The molecule has 1 amide bonds. The number of carbonyl (C=O) groups is 2. The molecule has 0 bridgehead atoms. The monoisotopic (exact) mass is 410 g/mol. The van der Waals surface area contributed by atoms with E-state index in [1.165, 1.54) is 24.1 Å². The summed E-state index contributed by atoms with van der Waals surface area (Å²) in [6.45, 7) is 2.73. The number of aliphatic hydroxyl groups excluding tert-OH is 1. The number of rotatable bonds is 6. The van der Waals surface area contributed by atoms with Gasteiger partial charge < -0.3 is 24.7 Å². The number of likely N-dealkylation sites (tertiary alicyclic amines) is 1. The van der Waals surface area contributed by atoms with Gasteiger partial charge in [-0.2, -0.15) is 0 Å². The lowest BCUT2D eigenvalue weighted by atomic mass is 9.94. The van der Waals surface area contributed by atoms with E-state index in [0.29, 0.717) is 30.0 Å². The number of hydrogen-bond donors (Lipinski definition) is 2. The van der Waals surface area contributed by atoms with E-state index in [2.05, 4.69) is 0 Å². The minimum absolute atomic E-state index is 0.00773. The standard InChI is InChI=1S/C23H26N2O5/c1-14-5-10-18(30-4)17(13-14)21(27)19-20(15-6-8-16(26)9-7-15)25(12-11-24(2)3)23(29)22(19)28/h5-10,13,20,26-27H,11-12H2,1-4H3/b21-19+. The van der Waals surface area contributed by atoms with Gasteiger partial charge in [0, 0.05) is 13.1 Å². The fourth-order valence-corrected chi connectivity index (χ4v) is 3.57. The summed E-state index contributed by atoms with van der Waals surface area (Å²) in [4.78, 5) is 29.2. The Balaban J connectivity index is 2.20. The highest BCUT2D eigenvalue weighted by atomic mass is 16.5. The van der Waals surface area contributed by atoms with Crippen molar-refractivity contribution >= 4 is 17.4 Å². The predicted molar refractivity (Wildman–Crippen MR) is 113 cm³/mol. The van der Waals surface area contributed by atoms with Crippen molar-refractivity contribution in [2.45, 2.75) is 13.0 Å². The van der Waals surface area contributed by atoms with E-state index in [0.717, 1.165) is 5.56 Å². The molecule has 1 aliphatic rings. The minimum atomic E-state index is -0.768. The van der Waals surface area contributed by atoms with Crippen molar-refractivity contribution in [2.24, 2.45) is 0 Å². The number of aromatic hydroxyl groups is 1. The predicted octanol–water partition coefficient (Wildman–Crippen LogP) is 2.69. The number of phenols is 1. The highest BCUT2D eigenvalue weighted by Crippen LogP contribution is 2.41. The van der Waals surface area contributed by atoms with Crippen LogP contribution in [-0.2, 0) is 9.59 Å². The highest BCUT2D eigenvalue weighted by Gasteiger charge is 2.46. The van der Waals surface area contributed by atoms with Crippen LogP contribution < -0.4 is 4.74 Å². The number of amides is 1. The number of aryl methyl sites for hydroxylation is 1. The number of methoxy groups -OCH3 is 1. The minimum Gasteiger partial charge on any atom is -0.508 e. The molecular formula is C23H26N2O5. The summed E-state index contributed by atoms with van der Waals surface area (Å²) in [7, 11) is 5.24. The molecule has 7 heteroatoms. The van der Waals surface area contributed by atoms with E-state index in [9.17, 15) is 19.8 Å². The number of Topliss-reactive ketones (excluding diaryl/α,β-unsaturated/α-hetero) is 1. The molecule has 158 valence electrons. The third kappa shape index (κ3) is 4.02. The number of likely N-dealkylation sites (N-methyl/N-ethyl adjacent to an activating group) is 1. The summed E-state index contributed by atoms with van der Waals surface area (Å²) >= 11 is 0. The maximum atomic E-state index is 13.0. The Morgan fingerprint density at radius 3 is 2.40 bits per heavy atom. The molecule has 1 fully saturated rings. The number of ketones is 1. The molecule has 2 N–H and O–H groups in total. The first kappa shape index (κ1) is 21.4. The Labute approximate surface area is 175 Å². The number of ether oxygens (including phenoxy) is 1. The Kier molecular flexibility index (Phi) is 6.12. The molecule has 0 aromatic heterocycles. The lowest BCUT2D eigenvalue weighted by molar-refractivity contribution is -0.140. The van der Waals surface area contributed by atoms with Gasteiger partial charge in [0.1, 0.15) is 17.3 Å². The first-order valence-corrected chi connectivity index (χ1v) is 9.61. The second-order valence-corrected chi connectivity index (χ2v) is 7.59. The average Bonchev–Trinajstić information content (AvgIpc) is 2.97. The van der Waals surface area contributed by atoms with E-state index in [1.807, 2.05) is 32.0 Å². The zero-order valence-electron chi connectivity index (χ0n) is 17.5. The Morgan fingerprint density at radius 2 is 1.80 bits per heavy atom. The van der Waals surface area contributed by atoms with Crippen LogP contribution in [0.5, 0.6) is 11.5 Å². The number of hydrogen-bond acceptors (Lipinski definition) is 6. The van der Waals surface area contributed by atoms with Crippen molar-refractivity contribution < 1.29 is 24.5 Å². The normalized spacial score (nSPS) is 18.3. The van der Waals surface area contributed by atoms with Gasteiger partial charge in [0.15, 0.2) is 0 Å². The Morgan fingerprint density at radius 1 is 1.13 bits per heavy atom. The van der Waals surface area contributed by atoms with Crippen LogP contribution in [0.4, 0.5) is 0 Å². The van der Waals surface area contributed by atoms with Gasteiger partial charge in [-0.3, -0.25) is 9.59 Å². The number of benzene rings is 2. The van der Waals surface area contributed by atoms with Gasteiger partial charge in [-0.15, -0.1) is 0 Å². The van der Waals surface area contributed by atoms with Gasteiger partial charge in [0.2, 0.25) is 0 Å². The van der Waals surface area contributed by atoms with Gasteiger partial charge in [-0.1, -0.05) is 23.8 Å². The summed E-state index contributed by atoms with van der Waals surface area (Å²) in [6, 6.07) is 10.8. The van der Waals surface area contributed by atoms with Crippen LogP contribution in [0, 0.1) is 6.92 Å². The van der Waals surface area contributed by atoms with Crippen LogP contribution in [0.25, 0.3) is 5.76 Å². The summed E-state index contributed by atoms with van der Waals surface area (Å²) in [5, 5.41) is 20.8. The summed E-state index contributed by atoms with van der Waals surface area (Å²) in [5.41, 5.74) is 1.86. The van der Waals surface area contributed by atoms with E-state index in [4.69, 9.17) is 4.74 Å². The van der Waals surface area contributed by atoms with Gasteiger partial charge >= 0.3 is 0 Å². The van der Waals surface area contributed by atoms with Crippen LogP contribution in [0.2, 0.25) is 0 Å². The van der Waals surface area contributed by atoms with Crippen molar-refractivity contribution in [1.82, 2.24) is 9.80 Å². The van der Waals surface area contributed by atoms with Crippen molar-refractivity contribution in [1.29, 1.82) is 0 Å². The van der Waals surface area contributed by atoms with Gasteiger partial charge in [-0.25, -0.2) is 0 Å². The molecule has 2 aromatic rings. The Bertz CT molecular complexity index is 995. The van der Waals surface area contributed by atoms with Crippen LogP contribution in [0.1, 0.15) is 22.7 Å².